The molecule has 0 radical (unpaired) electrons. The normalized spacial score (nSPS) is 12.0. The van der Waals surface area contributed by atoms with Crippen LogP contribution in [0.15, 0.2) is 30.3 Å². The van der Waals surface area contributed by atoms with E-state index in [0.717, 1.165) is 41.9 Å². The molecule has 0 aliphatic rings. The Bertz CT molecular complexity index is 985. The zero-order valence-corrected chi connectivity index (χ0v) is 17.3. The first-order valence-corrected chi connectivity index (χ1v) is 9.67. The van der Waals surface area contributed by atoms with E-state index in [2.05, 4.69) is 23.7 Å². The van der Waals surface area contributed by atoms with Crippen molar-refractivity contribution in [3.63, 3.8) is 0 Å². The summed E-state index contributed by atoms with van der Waals surface area (Å²) in [4.78, 5) is 6.90. The van der Waals surface area contributed by atoms with Crippen molar-refractivity contribution in [3.05, 3.63) is 57.3 Å². The van der Waals surface area contributed by atoms with Crippen LogP contribution in [0.2, 0.25) is 10.0 Å². The summed E-state index contributed by atoms with van der Waals surface area (Å²) in [5.41, 5.74) is 2.42. The zero-order valence-electron chi connectivity index (χ0n) is 15.7. The van der Waals surface area contributed by atoms with E-state index >= 15 is 0 Å². The molecule has 0 N–H and O–H groups in total. The van der Waals surface area contributed by atoms with Gasteiger partial charge in [-0.15, -0.1) is 0 Å². The summed E-state index contributed by atoms with van der Waals surface area (Å²) in [6, 6.07) is 7.73. The van der Waals surface area contributed by atoms with Crippen molar-refractivity contribution in [2.75, 3.05) is 18.0 Å². The minimum atomic E-state index is -4.50. The van der Waals surface area contributed by atoms with Crippen LogP contribution in [-0.4, -0.2) is 22.6 Å². The molecule has 0 amide bonds. The summed E-state index contributed by atoms with van der Waals surface area (Å²) >= 11 is 12.3. The van der Waals surface area contributed by atoms with E-state index in [1.165, 1.54) is 0 Å². The van der Waals surface area contributed by atoms with Gasteiger partial charge in [0.05, 0.1) is 22.3 Å². The van der Waals surface area contributed by atoms with Crippen LogP contribution in [0.4, 0.5) is 18.9 Å². The summed E-state index contributed by atoms with van der Waals surface area (Å²) < 4.78 is 40.8. The first kappa shape index (κ1) is 20.8. The van der Waals surface area contributed by atoms with Gasteiger partial charge in [-0.2, -0.15) is 13.2 Å². The number of hydrogen-bond acceptors (Lipinski definition) is 2. The number of para-hydroxylation sites is 1. The Morgan fingerprint density at radius 1 is 1.07 bits per heavy atom. The van der Waals surface area contributed by atoms with Crippen LogP contribution < -0.4 is 4.90 Å². The van der Waals surface area contributed by atoms with Crippen LogP contribution in [-0.2, 0) is 19.6 Å². The van der Waals surface area contributed by atoms with Crippen molar-refractivity contribution in [2.24, 2.45) is 7.05 Å². The number of aryl methyl sites for hydroxylation is 1. The van der Waals surface area contributed by atoms with Crippen molar-refractivity contribution in [2.45, 2.75) is 26.4 Å². The molecule has 3 rings (SSSR count). The van der Waals surface area contributed by atoms with Gasteiger partial charge >= 0.3 is 6.18 Å². The molecule has 1 aromatic heterocycles. The fraction of sp³-hybridized carbons (Fsp3) is 0.350. The van der Waals surface area contributed by atoms with Crippen molar-refractivity contribution in [1.29, 1.82) is 0 Å². The van der Waals surface area contributed by atoms with Gasteiger partial charge < -0.3 is 9.47 Å². The molecular weight excluding hydrogens is 410 g/mol. The second-order valence-corrected chi connectivity index (χ2v) is 7.31. The summed E-state index contributed by atoms with van der Waals surface area (Å²) in [7, 11) is 1.89. The number of halogens is 5. The van der Waals surface area contributed by atoms with E-state index < -0.39 is 11.7 Å². The average molecular weight is 430 g/mol. The lowest BCUT2D eigenvalue weighted by Gasteiger charge is -2.22. The number of benzene rings is 2. The van der Waals surface area contributed by atoms with Crippen LogP contribution in [0.3, 0.4) is 0 Å². The lowest BCUT2D eigenvalue weighted by Crippen LogP contribution is -2.22. The molecule has 150 valence electrons. The third kappa shape index (κ3) is 3.80. The lowest BCUT2D eigenvalue weighted by atomic mass is 10.1. The predicted octanol–water partition coefficient (Wildman–Crippen LogP) is 6.34. The van der Waals surface area contributed by atoms with E-state index in [1.54, 1.807) is 0 Å². The van der Waals surface area contributed by atoms with Gasteiger partial charge in [0.25, 0.3) is 0 Å². The first-order valence-electron chi connectivity index (χ1n) is 8.91. The molecule has 1 heterocycles. The number of fused-ring (bicyclic) bond motifs is 1. The molecular formula is C20H20Cl2F3N3. The van der Waals surface area contributed by atoms with E-state index in [1.807, 2.05) is 29.8 Å². The molecule has 0 aliphatic carbocycles. The van der Waals surface area contributed by atoms with Gasteiger partial charge in [0.2, 0.25) is 0 Å². The van der Waals surface area contributed by atoms with Crippen molar-refractivity contribution >= 4 is 39.9 Å². The SMILES string of the molecule is CCN(CC)c1cccc2nc(Cc3c(Cl)cc(C(F)(F)F)cc3Cl)n(C)c12. The third-order valence-corrected chi connectivity index (χ3v) is 5.55. The molecule has 2 aromatic carbocycles. The minimum Gasteiger partial charge on any atom is -0.370 e. The Morgan fingerprint density at radius 3 is 2.21 bits per heavy atom. The van der Waals surface area contributed by atoms with Crippen LogP contribution >= 0.6 is 23.2 Å². The Balaban J connectivity index is 2.07. The average Bonchev–Trinajstić information content (AvgIpc) is 2.95. The molecule has 8 heteroatoms. The molecule has 0 unspecified atom stereocenters. The first-order chi connectivity index (χ1) is 13.2. The van der Waals surface area contributed by atoms with E-state index in [9.17, 15) is 13.2 Å². The number of anilines is 1. The molecule has 0 saturated carbocycles. The highest BCUT2D eigenvalue weighted by Gasteiger charge is 2.32. The van der Waals surface area contributed by atoms with Crippen LogP contribution in [0.5, 0.6) is 0 Å². The number of rotatable bonds is 5. The number of imidazole rings is 1. The molecule has 0 spiro atoms. The van der Waals surface area contributed by atoms with Crippen molar-refractivity contribution in [3.8, 4) is 0 Å². The second kappa shape index (κ2) is 7.84. The molecule has 0 bridgehead atoms. The third-order valence-electron chi connectivity index (χ3n) is 4.87. The Morgan fingerprint density at radius 2 is 1.68 bits per heavy atom. The van der Waals surface area contributed by atoms with Gasteiger partial charge in [0.1, 0.15) is 5.82 Å². The molecule has 0 aliphatic heterocycles. The van der Waals surface area contributed by atoms with E-state index in [0.29, 0.717) is 11.4 Å². The summed E-state index contributed by atoms with van der Waals surface area (Å²) in [6.45, 7) is 5.88. The molecule has 0 fully saturated rings. The maximum atomic E-state index is 13.0. The quantitative estimate of drug-likeness (QED) is 0.471. The second-order valence-electron chi connectivity index (χ2n) is 6.50. The topological polar surface area (TPSA) is 21.1 Å². The van der Waals surface area contributed by atoms with Crippen LogP contribution in [0.25, 0.3) is 11.0 Å². The van der Waals surface area contributed by atoms with Crippen LogP contribution in [0.1, 0.15) is 30.8 Å². The Kier molecular flexibility index (Phi) is 5.82. The summed E-state index contributed by atoms with van der Waals surface area (Å²) in [5, 5.41) is -0.0355. The standard InChI is InChI=1S/C20H20Cl2F3N3/c1-4-28(5-2)17-8-6-7-16-19(17)27(3)18(26-16)11-13-14(21)9-12(10-15(13)22)20(23,24)25/h6-10H,4-5,11H2,1-3H3. The Hall–Kier alpha value is -1.92. The van der Waals surface area contributed by atoms with Gasteiger partial charge in [-0.1, -0.05) is 29.3 Å². The maximum Gasteiger partial charge on any atom is 0.416 e. The highest BCUT2D eigenvalue weighted by molar-refractivity contribution is 6.36. The van der Waals surface area contributed by atoms with Gasteiger partial charge in [0.15, 0.2) is 0 Å². The van der Waals surface area contributed by atoms with Crippen LogP contribution in [0, 0.1) is 0 Å². The molecule has 0 atom stereocenters. The smallest absolute Gasteiger partial charge is 0.370 e. The van der Waals surface area contributed by atoms with Gasteiger partial charge in [0, 0.05) is 36.6 Å². The summed E-state index contributed by atoms with van der Waals surface area (Å²) in [5.74, 6) is 0.679. The van der Waals surface area contributed by atoms with E-state index in [-0.39, 0.29) is 16.5 Å². The maximum absolute atomic E-state index is 13.0. The molecule has 28 heavy (non-hydrogen) atoms. The minimum absolute atomic E-state index is 0.0177. The fourth-order valence-electron chi connectivity index (χ4n) is 3.37. The highest BCUT2D eigenvalue weighted by atomic mass is 35.5. The number of aromatic nitrogens is 2. The predicted molar refractivity (Wildman–Crippen MR) is 109 cm³/mol. The number of nitrogens with zero attached hydrogens (tertiary/aromatic N) is 3. The number of alkyl halides is 3. The van der Waals surface area contributed by atoms with Gasteiger partial charge in [-0.25, -0.2) is 4.98 Å². The molecule has 3 nitrogen and oxygen atoms in total. The lowest BCUT2D eigenvalue weighted by molar-refractivity contribution is -0.137. The zero-order chi connectivity index (χ0) is 20.6. The fourth-order valence-corrected chi connectivity index (χ4v) is 3.99. The number of hydrogen-bond donors (Lipinski definition) is 0. The highest BCUT2D eigenvalue weighted by Crippen LogP contribution is 2.37. The van der Waals surface area contributed by atoms with Crippen molar-refractivity contribution in [1.82, 2.24) is 9.55 Å². The largest absolute Gasteiger partial charge is 0.416 e. The van der Waals surface area contributed by atoms with E-state index in [4.69, 9.17) is 23.2 Å². The Labute approximate surface area is 171 Å². The summed E-state index contributed by atoms with van der Waals surface area (Å²) in [6.07, 6.45) is -4.26. The van der Waals surface area contributed by atoms with Gasteiger partial charge in [-0.3, -0.25) is 0 Å². The molecule has 0 saturated heterocycles. The van der Waals surface area contributed by atoms with Crippen molar-refractivity contribution < 1.29 is 13.2 Å². The molecule has 3 aromatic rings. The monoisotopic (exact) mass is 429 g/mol. The van der Waals surface area contributed by atoms with Gasteiger partial charge in [-0.05, 0) is 43.7 Å².